The Balaban J connectivity index is 1.51. The Kier molecular flexibility index (Phi) is 3.15. The maximum absolute atomic E-state index is 2.39. The van der Waals surface area contributed by atoms with Gasteiger partial charge in [-0.3, -0.25) is 0 Å². The summed E-state index contributed by atoms with van der Waals surface area (Å²) in [7, 11) is 2.22. The fraction of sp³-hybridized carbons (Fsp3) is 0.136. The standard InChI is InChI=1S/C22H18BN/c1-6-12-22-16(7-1)15-23-24(22)14-13-21-19-10-4-2-8-17(19)18-9-3-5-11-20(18)21/h1-12,15,21H,13-14H2. The van der Waals surface area contributed by atoms with E-state index in [4.69, 9.17) is 0 Å². The molecule has 1 aliphatic carbocycles. The average Bonchev–Trinajstić information content (AvgIpc) is 3.19. The molecule has 1 aliphatic rings. The number of hydrogen-bond acceptors (Lipinski definition) is 0. The molecule has 5 rings (SSSR count). The number of aryl methyl sites for hydroxylation is 1. The summed E-state index contributed by atoms with van der Waals surface area (Å²) in [6.45, 7) is 1.04. The molecule has 3 aromatic carbocycles. The van der Waals surface area contributed by atoms with Crippen LogP contribution in [-0.2, 0) is 6.54 Å². The van der Waals surface area contributed by atoms with Gasteiger partial charge in [-0.2, -0.15) is 0 Å². The number of para-hydroxylation sites is 1. The van der Waals surface area contributed by atoms with Crippen LogP contribution in [0.3, 0.4) is 0 Å². The molecule has 0 radical (unpaired) electrons. The maximum atomic E-state index is 2.39. The number of nitrogens with zero attached hydrogens (tertiary/aromatic N) is 1. The van der Waals surface area contributed by atoms with Crippen LogP contribution in [0.4, 0.5) is 0 Å². The van der Waals surface area contributed by atoms with Crippen LogP contribution in [0, 0.1) is 0 Å². The molecule has 0 unspecified atom stereocenters. The van der Waals surface area contributed by atoms with E-state index in [0.717, 1.165) is 13.0 Å². The third kappa shape index (κ3) is 2.06. The van der Waals surface area contributed by atoms with E-state index in [-0.39, 0.29) is 0 Å². The van der Waals surface area contributed by atoms with Crippen LogP contribution in [0.25, 0.3) is 22.0 Å². The van der Waals surface area contributed by atoms with Gasteiger partial charge < -0.3 is 0 Å². The normalized spacial score (nSPS) is 13.0. The molecule has 2 heteroatoms. The number of hydrogen-bond donors (Lipinski definition) is 0. The van der Waals surface area contributed by atoms with Crippen molar-refractivity contribution in [3.63, 3.8) is 0 Å². The monoisotopic (exact) mass is 307 g/mol. The number of aromatic nitrogens is 1. The van der Waals surface area contributed by atoms with Crippen LogP contribution in [0.5, 0.6) is 0 Å². The SMILES string of the molecule is b1cc2ccccc2n1CCC1c2ccccc2-c2ccccc21. The van der Waals surface area contributed by atoms with E-state index < -0.39 is 0 Å². The minimum absolute atomic E-state index is 0.499. The van der Waals surface area contributed by atoms with Gasteiger partial charge in [0.15, 0.2) is 0 Å². The van der Waals surface area contributed by atoms with Crippen LogP contribution in [0.2, 0.25) is 0 Å². The molecule has 24 heavy (non-hydrogen) atoms. The second kappa shape index (κ2) is 5.49. The van der Waals surface area contributed by atoms with E-state index >= 15 is 0 Å². The molecule has 0 amide bonds. The second-order valence-corrected chi connectivity index (χ2v) is 6.58. The molecule has 114 valence electrons. The summed E-state index contributed by atoms with van der Waals surface area (Å²) in [5.74, 6) is 2.71. The van der Waals surface area contributed by atoms with Crippen molar-refractivity contribution in [3.05, 3.63) is 89.9 Å². The first kappa shape index (κ1) is 13.8. The Morgan fingerprint density at radius 2 is 1.38 bits per heavy atom. The zero-order valence-electron chi connectivity index (χ0n) is 13.5. The molecule has 0 saturated heterocycles. The van der Waals surface area contributed by atoms with Gasteiger partial charge in [-0.05, 0) is 0 Å². The van der Waals surface area contributed by atoms with E-state index in [1.807, 2.05) is 0 Å². The quantitative estimate of drug-likeness (QED) is 0.491. The molecule has 0 atom stereocenters. The summed E-state index contributed by atoms with van der Waals surface area (Å²) >= 11 is 0. The van der Waals surface area contributed by atoms with Gasteiger partial charge in [0.25, 0.3) is 0 Å². The van der Waals surface area contributed by atoms with E-state index in [0.29, 0.717) is 5.92 Å². The van der Waals surface area contributed by atoms with Crippen LogP contribution >= 0.6 is 0 Å². The van der Waals surface area contributed by atoms with Crippen molar-refractivity contribution in [1.82, 2.24) is 4.47 Å². The topological polar surface area (TPSA) is 4.93 Å². The Hall–Kier alpha value is -2.61. The van der Waals surface area contributed by atoms with Gasteiger partial charge in [-0.15, -0.1) is 0 Å². The first-order chi connectivity index (χ1) is 11.9. The van der Waals surface area contributed by atoms with Gasteiger partial charge in [0.05, 0.1) is 0 Å². The van der Waals surface area contributed by atoms with Crippen molar-refractivity contribution >= 4 is 18.0 Å². The van der Waals surface area contributed by atoms with E-state index in [1.54, 1.807) is 0 Å². The van der Waals surface area contributed by atoms with E-state index in [1.165, 1.54) is 33.2 Å². The molecule has 0 bridgehead atoms. The summed E-state index contributed by atoms with van der Waals surface area (Å²) < 4.78 is 2.39. The Labute approximate surface area is 142 Å². The Morgan fingerprint density at radius 1 is 0.750 bits per heavy atom. The van der Waals surface area contributed by atoms with Crippen molar-refractivity contribution in [2.75, 3.05) is 0 Å². The van der Waals surface area contributed by atoms with Gasteiger partial charge in [0, 0.05) is 0 Å². The zero-order valence-corrected chi connectivity index (χ0v) is 13.5. The van der Waals surface area contributed by atoms with Crippen molar-refractivity contribution < 1.29 is 0 Å². The minimum atomic E-state index is 0.499. The molecule has 1 nitrogen and oxygen atoms in total. The molecule has 0 spiro atoms. The first-order valence-electron chi connectivity index (χ1n) is 8.64. The number of fused-ring (bicyclic) bond motifs is 4. The molecular weight excluding hydrogens is 289 g/mol. The molecule has 0 aliphatic heterocycles. The predicted molar refractivity (Wildman–Crippen MR) is 102 cm³/mol. The Morgan fingerprint density at radius 3 is 2.12 bits per heavy atom. The number of benzene rings is 3. The third-order valence-corrected chi connectivity index (χ3v) is 5.30. The summed E-state index contributed by atoms with van der Waals surface area (Å²) in [5.41, 5.74) is 7.12. The summed E-state index contributed by atoms with van der Waals surface area (Å²) in [6, 6.07) is 26.4. The van der Waals surface area contributed by atoms with E-state index in [9.17, 15) is 0 Å². The van der Waals surface area contributed by atoms with Crippen LogP contribution in [-0.4, -0.2) is 11.5 Å². The predicted octanol–water partition coefficient (Wildman–Crippen LogP) is 5.18. The number of rotatable bonds is 3. The molecule has 0 fully saturated rings. The second-order valence-electron chi connectivity index (χ2n) is 6.58. The first-order valence-corrected chi connectivity index (χ1v) is 8.64. The van der Waals surface area contributed by atoms with Crippen LogP contribution in [0.15, 0.2) is 78.8 Å². The molecule has 0 N–H and O–H groups in total. The average molecular weight is 307 g/mol. The van der Waals surface area contributed by atoms with Crippen molar-refractivity contribution in [2.45, 2.75) is 18.9 Å². The van der Waals surface area contributed by atoms with Gasteiger partial charge in [-0.1, -0.05) is 0 Å². The molecule has 1 heterocycles. The van der Waals surface area contributed by atoms with Gasteiger partial charge in [0.2, 0.25) is 0 Å². The van der Waals surface area contributed by atoms with Crippen LogP contribution < -0.4 is 0 Å². The fourth-order valence-electron chi connectivity index (χ4n) is 4.17. The molecular formula is C22H18BN. The molecule has 4 aromatic rings. The summed E-state index contributed by atoms with van der Waals surface area (Å²) in [5, 5.41) is 1.32. The van der Waals surface area contributed by atoms with Gasteiger partial charge in [-0.25, -0.2) is 0 Å². The third-order valence-electron chi connectivity index (χ3n) is 5.30. The fourth-order valence-corrected chi connectivity index (χ4v) is 4.17. The van der Waals surface area contributed by atoms with Gasteiger partial charge in [0.1, 0.15) is 0 Å². The zero-order chi connectivity index (χ0) is 15.9. The van der Waals surface area contributed by atoms with Gasteiger partial charge >= 0.3 is 142 Å². The summed E-state index contributed by atoms with van der Waals surface area (Å²) in [6.07, 6.45) is 1.13. The van der Waals surface area contributed by atoms with Crippen molar-refractivity contribution in [3.8, 4) is 11.1 Å². The molecule has 1 aromatic heterocycles. The van der Waals surface area contributed by atoms with Crippen molar-refractivity contribution in [1.29, 1.82) is 0 Å². The van der Waals surface area contributed by atoms with E-state index in [2.05, 4.69) is 90.3 Å². The van der Waals surface area contributed by atoms with Crippen LogP contribution in [0.1, 0.15) is 23.5 Å². The Bertz CT molecular complexity index is 985. The van der Waals surface area contributed by atoms with Crippen molar-refractivity contribution in [2.24, 2.45) is 0 Å². The molecule has 0 saturated carbocycles. The summed E-state index contributed by atoms with van der Waals surface area (Å²) in [4.78, 5) is 0.